The number of sulfone groups is 2. The van der Waals surface area contributed by atoms with Gasteiger partial charge < -0.3 is 0 Å². The molecule has 0 N–H and O–H groups in total. The first kappa shape index (κ1) is 23.4. The van der Waals surface area contributed by atoms with Crippen molar-refractivity contribution in [1.82, 2.24) is 0 Å². The lowest BCUT2D eigenvalue weighted by Crippen LogP contribution is -2.16. The van der Waals surface area contributed by atoms with Crippen LogP contribution in [0.4, 0.5) is 0 Å². The summed E-state index contributed by atoms with van der Waals surface area (Å²) in [7, 11) is -7.77. The maximum absolute atomic E-state index is 12.8. The molecule has 4 nitrogen and oxygen atoms in total. The molecule has 0 radical (unpaired) electrons. The van der Waals surface area contributed by atoms with E-state index in [1.807, 2.05) is 41.5 Å². The van der Waals surface area contributed by atoms with Gasteiger partial charge in [0.25, 0.3) is 0 Å². The third-order valence-corrected chi connectivity index (χ3v) is 8.54. The monoisotopic (exact) mass is 434 g/mol. The Balaban J connectivity index is 2.27. The van der Waals surface area contributed by atoms with Gasteiger partial charge in [-0.05, 0) is 46.2 Å². The number of benzene rings is 2. The molecule has 6 heteroatoms. The molecule has 0 atom stereocenters. The van der Waals surface area contributed by atoms with E-state index in [1.54, 1.807) is 24.3 Å². The normalized spacial score (nSPS) is 13.3. The molecule has 0 fully saturated rings. The highest BCUT2D eigenvalue weighted by atomic mass is 32.2. The Kier molecular flexibility index (Phi) is 6.22. The Labute approximate surface area is 175 Å². The van der Waals surface area contributed by atoms with Crippen LogP contribution in [0, 0.1) is 0 Å². The standard InChI is InChI=1S/C23H30O4S2/c1-17(29(26,27)21-14-10-19(11-15-21)23(5,6)7)16-28(24,25)20-12-8-18(9-13-20)22(2,3)4/h8-15H,1,16H2,2-7H3. The van der Waals surface area contributed by atoms with Crippen molar-refractivity contribution in [1.29, 1.82) is 0 Å². The summed E-state index contributed by atoms with van der Waals surface area (Å²) in [5.74, 6) is -0.648. The molecule has 0 aliphatic heterocycles. The van der Waals surface area contributed by atoms with E-state index in [0.29, 0.717) is 0 Å². The van der Waals surface area contributed by atoms with Crippen molar-refractivity contribution in [3.8, 4) is 0 Å². The first-order chi connectivity index (χ1) is 13.0. The molecule has 0 amide bonds. The first-order valence-corrected chi connectivity index (χ1v) is 12.6. The number of rotatable bonds is 5. The lowest BCUT2D eigenvalue weighted by atomic mass is 9.87. The predicted molar refractivity (Wildman–Crippen MR) is 119 cm³/mol. The third-order valence-electron chi connectivity index (χ3n) is 4.84. The molecule has 2 aromatic carbocycles. The van der Waals surface area contributed by atoms with E-state index < -0.39 is 25.4 Å². The fourth-order valence-electron chi connectivity index (χ4n) is 2.84. The van der Waals surface area contributed by atoms with Crippen molar-refractivity contribution in [3.05, 3.63) is 71.1 Å². The SMILES string of the molecule is C=C(CS(=O)(=O)c1ccc(C(C)(C)C)cc1)S(=O)(=O)c1ccc(C(C)(C)C)cc1. The molecule has 0 unspecified atom stereocenters. The zero-order valence-electron chi connectivity index (χ0n) is 18.0. The average molecular weight is 435 g/mol. The lowest BCUT2D eigenvalue weighted by molar-refractivity contribution is 0.585. The second-order valence-electron chi connectivity index (χ2n) is 9.35. The molecule has 158 valence electrons. The van der Waals surface area contributed by atoms with Crippen LogP contribution in [0.25, 0.3) is 0 Å². The molecule has 0 saturated heterocycles. The molecule has 0 aliphatic carbocycles. The van der Waals surface area contributed by atoms with Crippen LogP contribution in [-0.2, 0) is 30.5 Å². The molecule has 2 rings (SSSR count). The highest BCUT2D eigenvalue weighted by Crippen LogP contribution is 2.28. The molecular formula is C23H30O4S2. The Morgan fingerprint density at radius 2 is 1.03 bits per heavy atom. The van der Waals surface area contributed by atoms with Crippen LogP contribution < -0.4 is 0 Å². The van der Waals surface area contributed by atoms with Crippen LogP contribution in [0.3, 0.4) is 0 Å². The van der Waals surface area contributed by atoms with Gasteiger partial charge >= 0.3 is 0 Å². The Morgan fingerprint density at radius 1 is 0.690 bits per heavy atom. The molecule has 0 saturated carbocycles. The largest absolute Gasteiger partial charge is 0.223 e. The molecular weight excluding hydrogens is 404 g/mol. The summed E-state index contributed by atoms with van der Waals surface area (Å²) in [4.78, 5) is -0.195. The zero-order chi connectivity index (χ0) is 22.3. The smallest absolute Gasteiger partial charge is 0.203 e. The van der Waals surface area contributed by atoms with Gasteiger partial charge in [0.05, 0.1) is 20.4 Å². The average Bonchev–Trinajstić information content (AvgIpc) is 2.60. The molecule has 29 heavy (non-hydrogen) atoms. The molecule has 2 aromatic rings. The first-order valence-electron chi connectivity index (χ1n) is 9.42. The second-order valence-corrected chi connectivity index (χ2v) is 13.4. The molecule has 0 aliphatic rings. The quantitative estimate of drug-likeness (QED) is 0.661. The summed E-state index contributed by atoms with van der Waals surface area (Å²) in [6, 6.07) is 13.1. The number of hydrogen-bond donors (Lipinski definition) is 0. The summed E-state index contributed by atoms with van der Waals surface area (Å²) >= 11 is 0. The molecule has 0 bridgehead atoms. The molecule has 0 spiro atoms. The zero-order valence-corrected chi connectivity index (χ0v) is 19.6. The van der Waals surface area contributed by atoms with E-state index >= 15 is 0 Å². The van der Waals surface area contributed by atoms with Crippen molar-refractivity contribution >= 4 is 19.7 Å². The van der Waals surface area contributed by atoms with Gasteiger partial charge in [0.1, 0.15) is 0 Å². The number of hydrogen-bond acceptors (Lipinski definition) is 4. The van der Waals surface area contributed by atoms with Crippen LogP contribution in [-0.4, -0.2) is 22.6 Å². The minimum absolute atomic E-state index is 0.0498. The van der Waals surface area contributed by atoms with E-state index in [2.05, 4.69) is 6.58 Å². The van der Waals surface area contributed by atoms with Crippen LogP contribution >= 0.6 is 0 Å². The van der Waals surface area contributed by atoms with Crippen LogP contribution in [0.15, 0.2) is 69.8 Å². The van der Waals surface area contributed by atoms with Crippen molar-refractivity contribution in [2.45, 2.75) is 62.2 Å². The van der Waals surface area contributed by atoms with E-state index in [0.717, 1.165) is 11.1 Å². The molecule has 0 aromatic heterocycles. The van der Waals surface area contributed by atoms with Crippen molar-refractivity contribution < 1.29 is 16.8 Å². The van der Waals surface area contributed by atoms with E-state index in [9.17, 15) is 16.8 Å². The highest BCUT2D eigenvalue weighted by Gasteiger charge is 2.26. The van der Waals surface area contributed by atoms with E-state index in [4.69, 9.17) is 0 Å². The van der Waals surface area contributed by atoms with E-state index in [-0.39, 0.29) is 25.5 Å². The summed E-state index contributed by atoms with van der Waals surface area (Å²) in [5, 5.41) is 0. The van der Waals surface area contributed by atoms with Crippen LogP contribution in [0.5, 0.6) is 0 Å². The molecule has 0 heterocycles. The van der Waals surface area contributed by atoms with Gasteiger partial charge in [-0.2, -0.15) is 0 Å². The van der Waals surface area contributed by atoms with Gasteiger partial charge in [-0.25, -0.2) is 16.8 Å². The predicted octanol–water partition coefficient (Wildman–Crippen LogP) is 5.04. The summed E-state index contributed by atoms with van der Waals surface area (Å²) in [6.45, 7) is 15.8. The van der Waals surface area contributed by atoms with Crippen LogP contribution in [0.2, 0.25) is 0 Å². The van der Waals surface area contributed by atoms with Crippen LogP contribution in [0.1, 0.15) is 52.7 Å². The fourth-order valence-corrected chi connectivity index (χ4v) is 5.89. The van der Waals surface area contributed by atoms with Gasteiger partial charge in [-0.15, -0.1) is 0 Å². The summed E-state index contributed by atoms with van der Waals surface area (Å²) < 4.78 is 51.1. The van der Waals surface area contributed by atoms with Crippen molar-refractivity contribution in [3.63, 3.8) is 0 Å². The lowest BCUT2D eigenvalue weighted by Gasteiger charge is -2.19. The third kappa shape index (κ3) is 5.37. The Morgan fingerprint density at radius 3 is 1.38 bits per heavy atom. The van der Waals surface area contributed by atoms with Gasteiger partial charge in [0.2, 0.25) is 9.84 Å². The summed E-state index contributed by atoms with van der Waals surface area (Å²) in [6.07, 6.45) is 0. The maximum atomic E-state index is 12.8. The summed E-state index contributed by atoms with van der Waals surface area (Å²) in [5.41, 5.74) is 1.78. The van der Waals surface area contributed by atoms with E-state index in [1.165, 1.54) is 24.3 Å². The fraction of sp³-hybridized carbons (Fsp3) is 0.391. The Bertz CT molecular complexity index is 1090. The van der Waals surface area contributed by atoms with Gasteiger partial charge in [0.15, 0.2) is 9.84 Å². The van der Waals surface area contributed by atoms with Gasteiger partial charge in [-0.3, -0.25) is 0 Å². The Hall–Kier alpha value is -1.92. The van der Waals surface area contributed by atoms with Gasteiger partial charge in [0, 0.05) is 0 Å². The van der Waals surface area contributed by atoms with Crippen molar-refractivity contribution in [2.24, 2.45) is 0 Å². The highest BCUT2D eigenvalue weighted by molar-refractivity contribution is 7.98. The van der Waals surface area contributed by atoms with Crippen molar-refractivity contribution in [2.75, 3.05) is 5.75 Å². The minimum atomic E-state index is -3.95. The van der Waals surface area contributed by atoms with Gasteiger partial charge in [-0.1, -0.05) is 72.4 Å². The minimum Gasteiger partial charge on any atom is -0.223 e. The maximum Gasteiger partial charge on any atom is 0.203 e. The topological polar surface area (TPSA) is 68.3 Å². The second kappa shape index (κ2) is 7.73.